The standard InChI is InChI=1S/C44H46N10O6/c1-5-60-38-20-29(14-15-33(38)48-43-46-24-34-40(49-43)52(4)35-9-7-6-8-30(35)42(58)47-34)53-18-16-27(17-19-53)41(57)45-23-26-10-12-28(13-11-26)54-39(50-51-44(54)59)32-21-31(25(2)3)36(55)22-37(32)56/h6-15,20-22,24-25,27,55-56H,5,16-19,23H2,1-4H3,(H,45,57)(H,47,58)(H,51,59)(H,46,48,49). The lowest BCUT2D eigenvalue weighted by atomic mass is 9.95. The first-order valence-electron chi connectivity index (χ1n) is 19.9. The molecule has 16 nitrogen and oxygen atoms in total. The van der Waals surface area contributed by atoms with E-state index < -0.39 is 0 Å². The number of hydrogen-bond acceptors (Lipinski definition) is 13. The zero-order chi connectivity index (χ0) is 42.1. The second-order valence-electron chi connectivity index (χ2n) is 15.1. The second kappa shape index (κ2) is 16.5. The first-order valence-corrected chi connectivity index (χ1v) is 19.9. The van der Waals surface area contributed by atoms with Crippen LogP contribution in [0.3, 0.4) is 0 Å². The van der Waals surface area contributed by atoms with E-state index >= 15 is 0 Å². The molecule has 2 aliphatic rings. The lowest BCUT2D eigenvalue weighted by Crippen LogP contribution is -2.40. The number of aromatic nitrogens is 5. The summed E-state index contributed by atoms with van der Waals surface area (Å²) in [6.45, 7) is 7.94. The summed E-state index contributed by atoms with van der Waals surface area (Å²) in [5.41, 5.74) is 5.84. The number of anilines is 6. The highest BCUT2D eigenvalue weighted by Crippen LogP contribution is 2.40. The van der Waals surface area contributed by atoms with Gasteiger partial charge in [-0.1, -0.05) is 43.2 Å². The van der Waals surface area contributed by atoms with Gasteiger partial charge in [-0.2, -0.15) is 4.98 Å². The van der Waals surface area contributed by atoms with Crippen molar-refractivity contribution in [2.24, 2.45) is 5.92 Å². The lowest BCUT2D eigenvalue weighted by Gasteiger charge is -2.33. The first kappa shape index (κ1) is 39.5. The summed E-state index contributed by atoms with van der Waals surface area (Å²) < 4.78 is 7.47. The number of amides is 2. The van der Waals surface area contributed by atoms with Gasteiger partial charge in [0.05, 0.1) is 41.0 Å². The van der Waals surface area contributed by atoms with E-state index in [9.17, 15) is 24.9 Å². The number of nitrogens with zero attached hydrogens (tertiary/aromatic N) is 7. The van der Waals surface area contributed by atoms with Crippen molar-refractivity contribution in [3.05, 3.63) is 102 Å². The van der Waals surface area contributed by atoms with Gasteiger partial charge in [0.25, 0.3) is 5.91 Å². The molecule has 2 amide bonds. The van der Waals surface area contributed by atoms with Crippen LogP contribution in [0, 0.1) is 5.92 Å². The molecule has 1 fully saturated rings. The molecular formula is C44H46N10O6. The van der Waals surface area contributed by atoms with Crippen LogP contribution in [0.1, 0.15) is 61.0 Å². The number of hydrogen-bond donors (Lipinski definition) is 6. The van der Waals surface area contributed by atoms with E-state index in [1.807, 2.05) is 81.2 Å². The van der Waals surface area contributed by atoms with Gasteiger partial charge in [0.1, 0.15) is 22.9 Å². The van der Waals surface area contributed by atoms with Crippen LogP contribution in [0.15, 0.2) is 85.1 Å². The van der Waals surface area contributed by atoms with E-state index in [1.165, 1.54) is 10.6 Å². The van der Waals surface area contributed by atoms with E-state index in [0.29, 0.717) is 90.4 Å². The molecule has 308 valence electrons. The SMILES string of the molecule is CCOc1cc(N2CCC(C(=O)NCc3ccc(-n4c(O)nnc4-c4cc(C(C)C)c(O)cc4O)cc3)CC2)ccc1Nc1ncc2c(n1)N(C)c1ccccc1C(=O)N2. The minimum absolute atomic E-state index is 0.00904. The Morgan fingerprint density at radius 1 is 0.933 bits per heavy atom. The van der Waals surface area contributed by atoms with E-state index in [2.05, 4.69) is 36.0 Å². The van der Waals surface area contributed by atoms with Gasteiger partial charge in [-0.25, -0.2) is 9.55 Å². The van der Waals surface area contributed by atoms with Crippen LogP contribution in [0.2, 0.25) is 0 Å². The van der Waals surface area contributed by atoms with Gasteiger partial charge in [0.15, 0.2) is 11.6 Å². The largest absolute Gasteiger partial charge is 0.508 e. The van der Waals surface area contributed by atoms with Gasteiger partial charge in [-0.3, -0.25) is 9.59 Å². The van der Waals surface area contributed by atoms with Crippen LogP contribution in [-0.4, -0.2) is 78.6 Å². The molecular weight excluding hydrogens is 765 g/mol. The molecule has 0 saturated carbocycles. The molecule has 0 spiro atoms. The molecule has 60 heavy (non-hydrogen) atoms. The number of carbonyl (C=O) groups is 2. The van der Waals surface area contributed by atoms with E-state index in [-0.39, 0.29) is 47.0 Å². The van der Waals surface area contributed by atoms with Crippen molar-refractivity contribution < 1.29 is 29.6 Å². The number of nitrogens with one attached hydrogen (secondary N) is 3. The van der Waals surface area contributed by atoms with Crippen LogP contribution >= 0.6 is 0 Å². The first-order chi connectivity index (χ1) is 29.0. The minimum Gasteiger partial charge on any atom is -0.508 e. The monoisotopic (exact) mass is 810 g/mol. The van der Waals surface area contributed by atoms with Crippen LogP contribution in [0.25, 0.3) is 17.1 Å². The number of phenolic OH excluding ortho intramolecular Hbond substituents is 2. The molecule has 0 bridgehead atoms. The average Bonchev–Trinajstić information content (AvgIpc) is 3.59. The molecule has 0 radical (unpaired) electrons. The van der Waals surface area contributed by atoms with Gasteiger partial charge in [0, 0.05) is 50.4 Å². The van der Waals surface area contributed by atoms with Crippen molar-refractivity contribution in [1.82, 2.24) is 30.0 Å². The fourth-order valence-electron chi connectivity index (χ4n) is 7.67. The van der Waals surface area contributed by atoms with Crippen molar-refractivity contribution in [2.45, 2.75) is 46.1 Å². The summed E-state index contributed by atoms with van der Waals surface area (Å²) in [6, 6.07) is 23.1. The number of piperidine rings is 1. The van der Waals surface area contributed by atoms with Crippen LogP contribution in [0.5, 0.6) is 23.3 Å². The average molecular weight is 811 g/mol. The maximum atomic E-state index is 13.3. The number of para-hydroxylation sites is 1. The summed E-state index contributed by atoms with van der Waals surface area (Å²) in [5, 5.41) is 48.8. The van der Waals surface area contributed by atoms with Crippen molar-refractivity contribution in [3.63, 3.8) is 0 Å². The highest BCUT2D eigenvalue weighted by atomic mass is 16.5. The van der Waals surface area contributed by atoms with Gasteiger partial charge >= 0.3 is 6.01 Å². The Labute approximate surface area is 346 Å². The maximum absolute atomic E-state index is 13.3. The molecule has 16 heteroatoms. The molecule has 4 heterocycles. The molecule has 2 aromatic heterocycles. The number of ether oxygens (including phenoxy) is 1. The van der Waals surface area contributed by atoms with Crippen LogP contribution in [0.4, 0.5) is 34.5 Å². The fourth-order valence-corrected chi connectivity index (χ4v) is 7.67. The number of benzene rings is 4. The molecule has 1 saturated heterocycles. The maximum Gasteiger partial charge on any atom is 0.319 e. The van der Waals surface area contributed by atoms with E-state index in [4.69, 9.17) is 9.72 Å². The molecule has 2 aliphatic heterocycles. The Morgan fingerprint density at radius 3 is 2.43 bits per heavy atom. The summed E-state index contributed by atoms with van der Waals surface area (Å²) in [6.07, 6.45) is 2.96. The van der Waals surface area contributed by atoms with Crippen molar-refractivity contribution >= 4 is 46.3 Å². The van der Waals surface area contributed by atoms with Crippen LogP contribution in [-0.2, 0) is 11.3 Å². The third-order valence-corrected chi connectivity index (χ3v) is 10.9. The van der Waals surface area contributed by atoms with Gasteiger partial charge in [0.2, 0.25) is 11.9 Å². The highest BCUT2D eigenvalue weighted by Gasteiger charge is 2.27. The predicted molar refractivity (Wildman–Crippen MR) is 228 cm³/mol. The molecule has 8 rings (SSSR count). The third-order valence-electron chi connectivity index (χ3n) is 10.9. The molecule has 0 aliphatic carbocycles. The zero-order valence-corrected chi connectivity index (χ0v) is 33.7. The summed E-state index contributed by atoms with van der Waals surface area (Å²) in [4.78, 5) is 39.5. The van der Waals surface area contributed by atoms with Crippen molar-refractivity contribution in [1.29, 1.82) is 0 Å². The second-order valence-corrected chi connectivity index (χ2v) is 15.1. The number of phenols is 2. The van der Waals surface area contributed by atoms with Crippen LogP contribution < -0.4 is 30.5 Å². The molecule has 6 aromatic rings. The topological polar surface area (TPSA) is 203 Å². The number of fused-ring (bicyclic) bond motifs is 2. The van der Waals surface area contributed by atoms with E-state index in [0.717, 1.165) is 16.9 Å². The normalized spacial score (nSPS) is 14.0. The van der Waals surface area contributed by atoms with Gasteiger partial charge in [-0.15, -0.1) is 5.10 Å². The Balaban J connectivity index is 0.882. The lowest BCUT2D eigenvalue weighted by molar-refractivity contribution is -0.125. The fraction of sp³-hybridized carbons (Fsp3) is 0.273. The summed E-state index contributed by atoms with van der Waals surface area (Å²) >= 11 is 0. The quantitative estimate of drug-likeness (QED) is 0.0784. The van der Waals surface area contributed by atoms with Gasteiger partial charge < -0.3 is 45.8 Å². The van der Waals surface area contributed by atoms with Crippen molar-refractivity contribution in [3.8, 4) is 40.3 Å². The van der Waals surface area contributed by atoms with E-state index in [1.54, 1.807) is 30.5 Å². The Kier molecular flexibility index (Phi) is 10.8. The number of aromatic hydroxyl groups is 3. The molecule has 4 aromatic carbocycles. The number of carbonyl (C=O) groups excluding carboxylic acids is 2. The smallest absolute Gasteiger partial charge is 0.319 e. The van der Waals surface area contributed by atoms with Crippen molar-refractivity contribution in [2.75, 3.05) is 47.2 Å². The molecule has 6 N–H and O–H groups in total. The highest BCUT2D eigenvalue weighted by molar-refractivity contribution is 6.11. The Bertz CT molecular complexity index is 2570. The summed E-state index contributed by atoms with van der Waals surface area (Å²) in [5.74, 6) is 1.16. The molecule has 0 unspecified atom stereocenters. The summed E-state index contributed by atoms with van der Waals surface area (Å²) in [7, 11) is 1.86. The number of rotatable bonds is 11. The predicted octanol–water partition coefficient (Wildman–Crippen LogP) is 6.97. The Morgan fingerprint density at radius 2 is 1.68 bits per heavy atom. The third kappa shape index (κ3) is 7.78. The Hall–Kier alpha value is -7.36. The van der Waals surface area contributed by atoms with Gasteiger partial charge in [-0.05, 0) is 79.3 Å². The molecule has 0 atom stereocenters. The minimum atomic E-state index is -0.355. The zero-order valence-electron chi connectivity index (χ0n) is 33.7.